The molecule has 35 heavy (non-hydrogen) atoms. The predicted octanol–water partition coefficient (Wildman–Crippen LogP) is 3.82. The lowest BCUT2D eigenvalue weighted by atomic mass is 9.85. The molecule has 188 valence electrons. The van der Waals surface area contributed by atoms with E-state index in [9.17, 15) is 14.3 Å². The largest absolute Gasteiger partial charge is 0.474 e. The third kappa shape index (κ3) is 4.46. The van der Waals surface area contributed by atoms with Crippen molar-refractivity contribution in [1.82, 2.24) is 19.7 Å². The number of carbonyl (C=O) groups is 1. The maximum atomic E-state index is 14.1. The average Bonchev–Trinajstić information content (AvgIpc) is 3.38. The third-order valence-corrected chi connectivity index (χ3v) is 8.63. The highest BCUT2D eigenvalue weighted by Gasteiger charge is 2.50. The fourth-order valence-corrected chi connectivity index (χ4v) is 6.36. The van der Waals surface area contributed by atoms with Gasteiger partial charge in [0.05, 0.1) is 12.6 Å². The van der Waals surface area contributed by atoms with Crippen LogP contribution < -0.4 is 4.74 Å². The van der Waals surface area contributed by atoms with Crippen molar-refractivity contribution in [3.8, 4) is 5.88 Å². The highest BCUT2D eigenvalue weighted by molar-refractivity contribution is 5.95. The van der Waals surface area contributed by atoms with Crippen LogP contribution in [0.4, 0.5) is 4.39 Å². The van der Waals surface area contributed by atoms with Crippen LogP contribution in [0.2, 0.25) is 0 Å². The number of aromatic nitrogens is 3. The van der Waals surface area contributed by atoms with E-state index in [0.717, 1.165) is 68.5 Å². The molecule has 3 aliphatic carbocycles. The van der Waals surface area contributed by atoms with Gasteiger partial charge in [0.15, 0.2) is 5.69 Å². The Bertz CT molecular complexity index is 1100. The van der Waals surface area contributed by atoms with Gasteiger partial charge in [0.2, 0.25) is 5.88 Å². The molecule has 0 unspecified atom stereocenters. The second kappa shape index (κ2) is 9.19. The Labute approximate surface area is 205 Å². The fourth-order valence-electron chi connectivity index (χ4n) is 6.36. The third-order valence-electron chi connectivity index (χ3n) is 8.63. The van der Waals surface area contributed by atoms with Gasteiger partial charge >= 0.3 is 0 Å². The van der Waals surface area contributed by atoms with Crippen molar-refractivity contribution in [2.45, 2.75) is 89.1 Å². The van der Waals surface area contributed by atoms with Crippen LogP contribution >= 0.6 is 0 Å². The summed E-state index contributed by atoms with van der Waals surface area (Å²) in [6, 6.07) is 3.96. The number of carbonyl (C=O) groups excluding carboxylic acids is 1. The van der Waals surface area contributed by atoms with Gasteiger partial charge in [-0.2, -0.15) is 5.10 Å². The van der Waals surface area contributed by atoms with Crippen molar-refractivity contribution < 1.29 is 19.0 Å². The summed E-state index contributed by atoms with van der Waals surface area (Å²) in [4.78, 5) is 19.2. The van der Waals surface area contributed by atoms with E-state index in [4.69, 9.17) is 9.84 Å². The van der Waals surface area contributed by atoms with Gasteiger partial charge in [0.1, 0.15) is 12.3 Å². The van der Waals surface area contributed by atoms with Gasteiger partial charge in [-0.15, -0.1) is 0 Å². The van der Waals surface area contributed by atoms with Crippen LogP contribution in [0.3, 0.4) is 0 Å². The molecule has 6 rings (SSSR count). The van der Waals surface area contributed by atoms with E-state index in [1.54, 1.807) is 11.1 Å². The number of hydrogen-bond acceptors (Lipinski definition) is 5. The number of aryl methyl sites for hydroxylation is 2. The number of alkyl halides is 1. The first-order chi connectivity index (χ1) is 17.0. The van der Waals surface area contributed by atoms with Crippen molar-refractivity contribution in [2.24, 2.45) is 11.8 Å². The molecule has 0 radical (unpaired) electrons. The van der Waals surface area contributed by atoms with Gasteiger partial charge in [0, 0.05) is 36.1 Å². The van der Waals surface area contributed by atoms with Crippen LogP contribution in [0.5, 0.6) is 5.88 Å². The molecule has 2 aromatic rings. The first-order valence-electron chi connectivity index (χ1n) is 13.3. The molecular weight excluding hydrogens is 447 g/mol. The van der Waals surface area contributed by atoms with Gasteiger partial charge < -0.3 is 14.7 Å². The second-order valence-corrected chi connectivity index (χ2v) is 11.0. The molecule has 0 bridgehead atoms. The molecule has 3 heterocycles. The number of rotatable bonds is 6. The second-order valence-electron chi connectivity index (χ2n) is 11.0. The summed E-state index contributed by atoms with van der Waals surface area (Å²) in [6.07, 6.45) is 7.49. The Morgan fingerprint density at radius 2 is 2.09 bits per heavy atom. The first kappa shape index (κ1) is 23.0. The van der Waals surface area contributed by atoms with Crippen LogP contribution in [0.15, 0.2) is 18.3 Å². The molecule has 0 spiro atoms. The number of halogens is 1. The van der Waals surface area contributed by atoms with E-state index in [-0.39, 0.29) is 25.0 Å². The highest BCUT2D eigenvalue weighted by Crippen LogP contribution is 2.57. The lowest BCUT2D eigenvalue weighted by molar-refractivity contribution is 0.00794. The molecule has 1 aliphatic heterocycles. The Kier molecular flexibility index (Phi) is 6.03. The smallest absolute Gasteiger partial charge is 0.274 e. The maximum Gasteiger partial charge on any atom is 0.274 e. The van der Waals surface area contributed by atoms with E-state index < -0.39 is 12.3 Å². The number of likely N-dealkylation sites (tertiary alicyclic amines) is 1. The predicted molar refractivity (Wildman–Crippen MR) is 128 cm³/mol. The minimum atomic E-state index is -1.38. The lowest BCUT2D eigenvalue weighted by Crippen LogP contribution is -2.47. The van der Waals surface area contributed by atoms with Crippen LogP contribution in [0.1, 0.15) is 78.2 Å². The number of ether oxygens (including phenoxy) is 1. The van der Waals surface area contributed by atoms with Crippen molar-refractivity contribution in [2.75, 3.05) is 13.1 Å². The minimum absolute atomic E-state index is 0.0426. The minimum Gasteiger partial charge on any atom is -0.474 e. The summed E-state index contributed by atoms with van der Waals surface area (Å²) in [5, 5.41) is 14.5. The van der Waals surface area contributed by atoms with E-state index in [2.05, 4.69) is 9.67 Å². The van der Waals surface area contributed by atoms with E-state index >= 15 is 0 Å². The fraction of sp³-hybridized carbons (Fsp3) is 0.667. The van der Waals surface area contributed by atoms with Gasteiger partial charge in [-0.3, -0.25) is 9.48 Å². The maximum absolute atomic E-state index is 14.1. The van der Waals surface area contributed by atoms with Gasteiger partial charge in [-0.05, 0) is 82.1 Å². The van der Waals surface area contributed by atoms with E-state index in [1.165, 1.54) is 5.69 Å². The number of aliphatic hydroxyl groups is 1. The van der Waals surface area contributed by atoms with Crippen molar-refractivity contribution in [1.29, 1.82) is 0 Å². The highest BCUT2D eigenvalue weighted by atomic mass is 19.1. The molecule has 3 fully saturated rings. The van der Waals surface area contributed by atoms with Gasteiger partial charge in [0.25, 0.3) is 5.91 Å². The number of pyridine rings is 1. The monoisotopic (exact) mass is 482 g/mol. The number of fused-ring (bicyclic) bond motifs is 3. The number of hydrogen-bond donors (Lipinski definition) is 1. The Hall–Kier alpha value is -2.48. The summed E-state index contributed by atoms with van der Waals surface area (Å²) < 4.78 is 22.3. The Balaban J connectivity index is 1.08. The number of piperidine rings is 1. The topological polar surface area (TPSA) is 80.5 Å². The van der Waals surface area contributed by atoms with E-state index in [0.29, 0.717) is 30.0 Å². The van der Waals surface area contributed by atoms with Gasteiger partial charge in [-0.1, -0.05) is 6.07 Å². The summed E-state index contributed by atoms with van der Waals surface area (Å²) in [7, 11) is 0. The quantitative estimate of drug-likeness (QED) is 0.677. The lowest BCUT2D eigenvalue weighted by Gasteiger charge is -2.31. The normalized spacial score (nSPS) is 31.7. The molecule has 0 aromatic carbocycles. The van der Waals surface area contributed by atoms with Crippen LogP contribution in [-0.4, -0.2) is 62.1 Å². The molecule has 1 amide bonds. The van der Waals surface area contributed by atoms with Gasteiger partial charge in [-0.25, -0.2) is 9.37 Å². The molecule has 7 nitrogen and oxygen atoms in total. The SMILES string of the molecule is Cc1cccnc1O[C@H]1CC[C@H](CCn2nc(C(=O)N3CC[C@H](O)[C@H](F)C3)c3c2C[C@H]2C[C@@H]32)CC1. The van der Waals surface area contributed by atoms with E-state index in [1.807, 2.05) is 19.1 Å². The number of aliphatic hydroxyl groups excluding tert-OH is 1. The molecule has 2 aromatic heterocycles. The number of nitrogens with zero attached hydrogens (tertiary/aromatic N) is 4. The van der Waals surface area contributed by atoms with Crippen molar-refractivity contribution >= 4 is 5.91 Å². The standard InChI is InChI=1S/C27H35FN4O3/c1-16-3-2-10-29-26(16)35-19-6-4-17(5-7-19)8-12-32-22-14-18-13-20(18)24(22)25(30-32)27(34)31-11-9-23(33)21(28)15-31/h2-3,10,17-21,23,33H,4-9,11-15H2,1H3/t17-,18-,19-,20-,21-,23+/m1/s1. The Morgan fingerprint density at radius 3 is 2.86 bits per heavy atom. The average molecular weight is 483 g/mol. The van der Waals surface area contributed by atoms with Crippen LogP contribution in [0.25, 0.3) is 0 Å². The Morgan fingerprint density at radius 1 is 1.26 bits per heavy atom. The molecule has 8 heteroatoms. The summed E-state index contributed by atoms with van der Waals surface area (Å²) in [6.45, 7) is 3.21. The molecule has 4 aliphatic rings. The molecule has 2 saturated carbocycles. The molecular formula is C27H35FN4O3. The zero-order valence-electron chi connectivity index (χ0n) is 20.4. The van der Waals surface area contributed by atoms with Crippen LogP contribution in [-0.2, 0) is 13.0 Å². The van der Waals surface area contributed by atoms with Crippen molar-refractivity contribution in [3.63, 3.8) is 0 Å². The van der Waals surface area contributed by atoms with Crippen molar-refractivity contribution in [3.05, 3.63) is 40.8 Å². The zero-order valence-corrected chi connectivity index (χ0v) is 20.4. The summed E-state index contributed by atoms with van der Waals surface area (Å²) in [5.41, 5.74) is 3.97. The van der Waals surface area contributed by atoms with Crippen LogP contribution in [0, 0.1) is 18.8 Å². The molecule has 4 atom stereocenters. The first-order valence-corrected chi connectivity index (χ1v) is 13.3. The summed E-state index contributed by atoms with van der Waals surface area (Å²) in [5.74, 6) is 2.33. The zero-order chi connectivity index (χ0) is 24.1. The molecule has 1 saturated heterocycles. The summed E-state index contributed by atoms with van der Waals surface area (Å²) >= 11 is 0. The number of amides is 1. The molecule has 1 N–H and O–H groups in total.